The lowest BCUT2D eigenvalue weighted by atomic mass is 10.1. The van der Waals surface area contributed by atoms with Crippen molar-refractivity contribution in [1.29, 1.82) is 0 Å². The summed E-state index contributed by atoms with van der Waals surface area (Å²) in [7, 11) is 1.96. The van der Waals surface area contributed by atoms with Gasteiger partial charge < -0.3 is 10.1 Å². The number of nitrogens with one attached hydrogen (secondary N) is 1. The second-order valence-corrected chi connectivity index (χ2v) is 4.21. The Labute approximate surface area is 99.0 Å². The van der Waals surface area contributed by atoms with Gasteiger partial charge in [-0.25, -0.2) is 0 Å². The van der Waals surface area contributed by atoms with E-state index < -0.39 is 0 Å². The summed E-state index contributed by atoms with van der Waals surface area (Å²) in [5.41, 5.74) is 1.39. The normalized spacial score (nSPS) is 12.4. The molecule has 0 amide bonds. The molecule has 16 heavy (non-hydrogen) atoms. The summed E-state index contributed by atoms with van der Waals surface area (Å²) in [5.74, 6) is 0.975. The molecule has 2 heteroatoms. The van der Waals surface area contributed by atoms with Crippen molar-refractivity contribution in [2.45, 2.75) is 39.2 Å². The highest BCUT2D eigenvalue weighted by atomic mass is 16.5. The van der Waals surface area contributed by atoms with Crippen LogP contribution >= 0.6 is 0 Å². The maximum atomic E-state index is 5.81. The van der Waals surface area contributed by atoms with Crippen LogP contribution in [0.2, 0.25) is 0 Å². The molecule has 90 valence electrons. The summed E-state index contributed by atoms with van der Waals surface area (Å²) < 4.78 is 5.81. The van der Waals surface area contributed by atoms with Gasteiger partial charge in [-0.2, -0.15) is 0 Å². The Morgan fingerprint density at radius 1 is 1.25 bits per heavy atom. The van der Waals surface area contributed by atoms with Gasteiger partial charge >= 0.3 is 0 Å². The first kappa shape index (κ1) is 13.0. The first-order valence-electron chi connectivity index (χ1n) is 6.16. The Balaban J connectivity index is 2.41. The summed E-state index contributed by atoms with van der Waals surface area (Å²) in [6.07, 6.45) is 3.64. The quantitative estimate of drug-likeness (QED) is 0.764. The average molecular weight is 221 g/mol. The lowest BCUT2D eigenvalue weighted by Crippen LogP contribution is -2.19. The van der Waals surface area contributed by atoms with Crippen LogP contribution < -0.4 is 10.1 Å². The number of ether oxygens (including phenoxy) is 1. The molecule has 0 heterocycles. The van der Waals surface area contributed by atoms with Gasteiger partial charge in [0, 0.05) is 0 Å². The molecule has 1 aromatic carbocycles. The molecule has 1 N–H and O–H groups in total. The number of hydrogen-bond donors (Lipinski definition) is 1. The summed E-state index contributed by atoms with van der Waals surface area (Å²) in [6, 6.07) is 8.45. The van der Waals surface area contributed by atoms with Gasteiger partial charge in [-0.1, -0.05) is 25.5 Å². The van der Waals surface area contributed by atoms with Crippen LogP contribution in [0.4, 0.5) is 0 Å². The molecule has 1 aromatic rings. The molecule has 0 saturated carbocycles. The van der Waals surface area contributed by atoms with E-state index in [4.69, 9.17) is 4.74 Å². The molecule has 0 saturated heterocycles. The van der Waals surface area contributed by atoms with Gasteiger partial charge in [0.25, 0.3) is 0 Å². The number of rotatable bonds is 7. The molecular weight excluding hydrogens is 198 g/mol. The van der Waals surface area contributed by atoms with Gasteiger partial charge in [-0.15, -0.1) is 0 Å². The molecule has 0 aliphatic rings. The summed E-state index contributed by atoms with van der Waals surface area (Å²) in [5, 5.41) is 3.13. The third-order valence-electron chi connectivity index (χ3n) is 2.60. The zero-order valence-electron chi connectivity index (χ0n) is 10.6. The Morgan fingerprint density at radius 2 is 1.94 bits per heavy atom. The zero-order chi connectivity index (χ0) is 11.8. The fourth-order valence-electron chi connectivity index (χ4n) is 1.66. The summed E-state index contributed by atoms with van der Waals surface area (Å²) in [6.45, 7) is 5.30. The second-order valence-electron chi connectivity index (χ2n) is 4.21. The third-order valence-corrected chi connectivity index (χ3v) is 2.60. The van der Waals surface area contributed by atoms with Gasteiger partial charge in [-0.3, -0.25) is 0 Å². The van der Waals surface area contributed by atoms with E-state index in [2.05, 4.69) is 43.4 Å². The minimum Gasteiger partial charge on any atom is -0.491 e. The highest BCUT2D eigenvalue weighted by Crippen LogP contribution is 2.15. The minimum absolute atomic E-state index is 0.268. The van der Waals surface area contributed by atoms with E-state index in [1.54, 1.807) is 0 Å². The molecule has 1 rings (SSSR count). The van der Waals surface area contributed by atoms with E-state index in [1.807, 2.05) is 7.05 Å². The van der Waals surface area contributed by atoms with Crippen LogP contribution in [0.15, 0.2) is 24.3 Å². The molecule has 1 atom stereocenters. The first-order valence-corrected chi connectivity index (χ1v) is 6.16. The zero-order valence-corrected chi connectivity index (χ0v) is 10.6. The monoisotopic (exact) mass is 221 g/mol. The smallest absolute Gasteiger partial charge is 0.119 e. The number of benzene rings is 1. The largest absolute Gasteiger partial charge is 0.491 e. The van der Waals surface area contributed by atoms with E-state index in [1.165, 1.54) is 12.0 Å². The van der Waals surface area contributed by atoms with Crippen molar-refractivity contribution in [1.82, 2.24) is 5.32 Å². The fourth-order valence-corrected chi connectivity index (χ4v) is 1.66. The van der Waals surface area contributed by atoms with Crippen LogP contribution in [0.3, 0.4) is 0 Å². The van der Waals surface area contributed by atoms with Crippen molar-refractivity contribution in [3.8, 4) is 5.75 Å². The molecule has 0 aromatic heterocycles. The van der Waals surface area contributed by atoms with Crippen molar-refractivity contribution in [2.75, 3.05) is 13.6 Å². The van der Waals surface area contributed by atoms with Crippen LogP contribution in [-0.2, 0) is 6.42 Å². The highest BCUT2D eigenvalue weighted by Gasteiger charge is 2.02. The Kier molecular flexibility index (Phi) is 5.94. The van der Waals surface area contributed by atoms with Gasteiger partial charge in [0.15, 0.2) is 0 Å². The fraction of sp³-hybridized carbons (Fsp3) is 0.571. The van der Waals surface area contributed by atoms with Crippen LogP contribution in [0.25, 0.3) is 0 Å². The van der Waals surface area contributed by atoms with E-state index >= 15 is 0 Å². The van der Waals surface area contributed by atoms with Crippen molar-refractivity contribution >= 4 is 0 Å². The van der Waals surface area contributed by atoms with Crippen molar-refractivity contribution in [3.63, 3.8) is 0 Å². The summed E-state index contributed by atoms with van der Waals surface area (Å²) in [4.78, 5) is 0. The lowest BCUT2D eigenvalue weighted by molar-refractivity contribution is 0.211. The second kappa shape index (κ2) is 7.29. The molecule has 0 spiro atoms. The maximum Gasteiger partial charge on any atom is 0.119 e. The average Bonchev–Trinajstić information content (AvgIpc) is 2.29. The minimum atomic E-state index is 0.268. The van der Waals surface area contributed by atoms with E-state index in [0.29, 0.717) is 0 Å². The topological polar surface area (TPSA) is 21.3 Å². The molecule has 0 aliphatic heterocycles. The number of aryl methyl sites for hydroxylation is 1. The van der Waals surface area contributed by atoms with Gasteiger partial charge in [0.05, 0.1) is 6.10 Å². The predicted molar refractivity (Wildman–Crippen MR) is 69.1 cm³/mol. The van der Waals surface area contributed by atoms with E-state index in [9.17, 15) is 0 Å². The lowest BCUT2D eigenvalue weighted by Gasteiger charge is -2.14. The van der Waals surface area contributed by atoms with Gasteiger partial charge in [0.1, 0.15) is 5.75 Å². The molecule has 0 bridgehead atoms. The Hall–Kier alpha value is -1.02. The van der Waals surface area contributed by atoms with Crippen LogP contribution in [0.1, 0.15) is 32.3 Å². The highest BCUT2D eigenvalue weighted by molar-refractivity contribution is 5.27. The van der Waals surface area contributed by atoms with Crippen molar-refractivity contribution in [3.05, 3.63) is 29.8 Å². The standard InChI is InChI=1S/C14H23NO/c1-4-5-13-6-8-14(9-7-13)16-12(2)10-11-15-3/h6-9,12,15H,4-5,10-11H2,1-3H3. The molecule has 1 unspecified atom stereocenters. The van der Waals surface area contributed by atoms with E-state index in [-0.39, 0.29) is 6.10 Å². The number of hydrogen-bond acceptors (Lipinski definition) is 2. The maximum absolute atomic E-state index is 5.81. The van der Waals surface area contributed by atoms with Crippen molar-refractivity contribution in [2.24, 2.45) is 0 Å². The van der Waals surface area contributed by atoms with E-state index in [0.717, 1.165) is 25.1 Å². The molecule has 0 radical (unpaired) electrons. The summed E-state index contributed by atoms with van der Waals surface area (Å²) >= 11 is 0. The third kappa shape index (κ3) is 4.67. The van der Waals surface area contributed by atoms with Crippen molar-refractivity contribution < 1.29 is 4.74 Å². The molecule has 2 nitrogen and oxygen atoms in total. The van der Waals surface area contributed by atoms with Gasteiger partial charge in [-0.05, 0) is 51.1 Å². The SMILES string of the molecule is CCCc1ccc(OC(C)CCNC)cc1. The van der Waals surface area contributed by atoms with Crippen LogP contribution in [-0.4, -0.2) is 19.7 Å². The van der Waals surface area contributed by atoms with Crippen LogP contribution in [0, 0.1) is 0 Å². The molecule has 0 aliphatic carbocycles. The first-order chi connectivity index (χ1) is 7.76. The molecule has 0 fully saturated rings. The van der Waals surface area contributed by atoms with Gasteiger partial charge in [0.2, 0.25) is 0 Å². The predicted octanol–water partition coefficient (Wildman–Crippen LogP) is 3.02. The van der Waals surface area contributed by atoms with Crippen LogP contribution in [0.5, 0.6) is 5.75 Å². The Bertz CT molecular complexity index is 281. The Morgan fingerprint density at radius 3 is 2.50 bits per heavy atom. The molecular formula is C14H23NO.